The van der Waals surface area contributed by atoms with Gasteiger partial charge in [-0.1, -0.05) is 19.3 Å². The fraction of sp³-hybridized carbons (Fsp3) is 0.800. The largest absolute Gasteiger partial charge is 0.367 e. The van der Waals surface area contributed by atoms with E-state index >= 15 is 0 Å². The Morgan fingerprint density at radius 2 is 2.13 bits per heavy atom. The van der Waals surface area contributed by atoms with Crippen molar-refractivity contribution in [3.05, 3.63) is 11.1 Å². The zero-order valence-electron chi connectivity index (χ0n) is 8.92. The Bertz CT molecular complexity index is 315. The van der Waals surface area contributed by atoms with Crippen molar-refractivity contribution in [3.8, 4) is 0 Å². The maximum Gasteiger partial charge on any atom is 0.242 e. The molecule has 1 aromatic rings. The molecule has 1 heterocycles. The Labute approximate surface area is 94.4 Å². The highest BCUT2D eigenvalue weighted by atomic mass is 35.5. The molecule has 1 saturated carbocycles. The first kappa shape index (κ1) is 10.9. The lowest BCUT2D eigenvalue weighted by molar-refractivity contribution is -0.0764. The van der Waals surface area contributed by atoms with E-state index in [-0.39, 0.29) is 10.9 Å². The standard InChI is InChI=1S/C10H16ClN3O/c1-2-15-10(6-4-3-5-7-10)8-12-9(11)14-13-8/h2-7H2,1H3,(H,12,13,14). The van der Waals surface area contributed by atoms with Gasteiger partial charge in [0.2, 0.25) is 5.28 Å². The predicted octanol–water partition coefficient (Wildman–Crippen LogP) is 2.65. The quantitative estimate of drug-likeness (QED) is 0.867. The first-order chi connectivity index (χ1) is 7.27. The van der Waals surface area contributed by atoms with Crippen LogP contribution in [0.15, 0.2) is 0 Å². The number of aromatic nitrogens is 3. The van der Waals surface area contributed by atoms with E-state index < -0.39 is 0 Å². The van der Waals surface area contributed by atoms with Crippen LogP contribution in [0.4, 0.5) is 0 Å². The van der Waals surface area contributed by atoms with E-state index in [2.05, 4.69) is 15.2 Å². The maximum atomic E-state index is 5.88. The summed E-state index contributed by atoms with van der Waals surface area (Å²) in [7, 11) is 0. The number of H-pyrrole nitrogens is 1. The smallest absolute Gasteiger partial charge is 0.242 e. The molecule has 1 N–H and O–H groups in total. The lowest BCUT2D eigenvalue weighted by atomic mass is 9.84. The SMILES string of the molecule is CCOC1(c2nc(Cl)n[nH]2)CCCCC1. The minimum atomic E-state index is -0.271. The molecule has 1 fully saturated rings. The van der Waals surface area contributed by atoms with Gasteiger partial charge in [-0.25, -0.2) is 0 Å². The van der Waals surface area contributed by atoms with Gasteiger partial charge in [0.1, 0.15) is 5.60 Å². The van der Waals surface area contributed by atoms with Gasteiger partial charge >= 0.3 is 0 Å². The van der Waals surface area contributed by atoms with E-state index in [4.69, 9.17) is 16.3 Å². The van der Waals surface area contributed by atoms with Crippen LogP contribution >= 0.6 is 11.6 Å². The molecule has 2 rings (SSSR count). The summed E-state index contributed by atoms with van der Waals surface area (Å²) < 4.78 is 5.88. The molecule has 15 heavy (non-hydrogen) atoms. The third-order valence-electron chi connectivity index (χ3n) is 2.97. The third kappa shape index (κ3) is 2.16. The second kappa shape index (κ2) is 4.49. The Balaban J connectivity index is 2.24. The van der Waals surface area contributed by atoms with Crippen LogP contribution in [0.1, 0.15) is 44.9 Å². The molecule has 1 aliphatic carbocycles. The normalized spacial score (nSPS) is 20.4. The molecule has 0 radical (unpaired) electrons. The van der Waals surface area contributed by atoms with E-state index in [0.29, 0.717) is 6.61 Å². The molecule has 5 heteroatoms. The molecule has 0 bridgehead atoms. The summed E-state index contributed by atoms with van der Waals surface area (Å²) >= 11 is 5.73. The molecular weight excluding hydrogens is 214 g/mol. The zero-order chi connectivity index (χ0) is 10.7. The third-order valence-corrected chi connectivity index (χ3v) is 3.14. The summed E-state index contributed by atoms with van der Waals surface area (Å²) in [6.45, 7) is 2.70. The van der Waals surface area contributed by atoms with Crippen molar-refractivity contribution in [1.29, 1.82) is 0 Å². The molecule has 0 aliphatic heterocycles. The average molecular weight is 230 g/mol. The van der Waals surface area contributed by atoms with Crippen molar-refractivity contribution in [1.82, 2.24) is 15.2 Å². The Kier molecular flexibility index (Phi) is 3.26. The molecule has 0 spiro atoms. The van der Waals surface area contributed by atoms with E-state index in [0.717, 1.165) is 18.7 Å². The molecule has 4 nitrogen and oxygen atoms in total. The van der Waals surface area contributed by atoms with E-state index in [1.165, 1.54) is 19.3 Å². The Morgan fingerprint density at radius 3 is 2.67 bits per heavy atom. The second-order valence-corrected chi connectivity index (χ2v) is 4.28. The van der Waals surface area contributed by atoms with Gasteiger partial charge in [-0.05, 0) is 31.4 Å². The van der Waals surface area contributed by atoms with Crippen molar-refractivity contribution >= 4 is 11.6 Å². The number of halogens is 1. The lowest BCUT2D eigenvalue weighted by Crippen LogP contribution is -2.33. The molecule has 0 atom stereocenters. The molecule has 1 aliphatic rings. The monoisotopic (exact) mass is 229 g/mol. The highest BCUT2D eigenvalue weighted by molar-refractivity contribution is 6.28. The minimum absolute atomic E-state index is 0.271. The summed E-state index contributed by atoms with van der Waals surface area (Å²) in [6.07, 6.45) is 5.64. The maximum absolute atomic E-state index is 5.88. The van der Waals surface area contributed by atoms with Crippen molar-refractivity contribution in [2.24, 2.45) is 0 Å². The van der Waals surface area contributed by atoms with Gasteiger partial charge in [0, 0.05) is 6.61 Å². The van der Waals surface area contributed by atoms with Gasteiger partial charge in [0.15, 0.2) is 5.82 Å². The molecule has 0 amide bonds. The van der Waals surface area contributed by atoms with Crippen LogP contribution in [0.3, 0.4) is 0 Å². The minimum Gasteiger partial charge on any atom is -0.367 e. The zero-order valence-corrected chi connectivity index (χ0v) is 9.68. The van der Waals surface area contributed by atoms with Crippen molar-refractivity contribution < 1.29 is 4.74 Å². The van der Waals surface area contributed by atoms with Crippen molar-refractivity contribution in [2.75, 3.05) is 6.61 Å². The molecule has 1 aromatic heterocycles. The van der Waals surface area contributed by atoms with Gasteiger partial charge in [-0.2, -0.15) is 4.98 Å². The summed E-state index contributed by atoms with van der Waals surface area (Å²) in [6, 6.07) is 0. The summed E-state index contributed by atoms with van der Waals surface area (Å²) in [5, 5.41) is 7.02. The summed E-state index contributed by atoms with van der Waals surface area (Å²) in [5.74, 6) is 0.786. The number of hydrogen-bond donors (Lipinski definition) is 1. The van der Waals surface area contributed by atoms with Crippen LogP contribution in [-0.2, 0) is 10.3 Å². The lowest BCUT2D eigenvalue weighted by Gasteiger charge is -2.34. The van der Waals surface area contributed by atoms with Crippen LogP contribution in [0.25, 0.3) is 0 Å². The topological polar surface area (TPSA) is 50.8 Å². The predicted molar refractivity (Wildman–Crippen MR) is 57.8 cm³/mol. The Hall–Kier alpha value is -0.610. The number of rotatable bonds is 3. The fourth-order valence-electron chi connectivity index (χ4n) is 2.29. The number of ether oxygens (including phenoxy) is 1. The number of nitrogens with one attached hydrogen (secondary N) is 1. The van der Waals surface area contributed by atoms with Crippen LogP contribution in [0, 0.1) is 0 Å². The molecule has 0 unspecified atom stereocenters. The van der Waals surface area contributed by atoms with E-state index in [1.54, 1.807) is 0 Å². The van der Waals surface area contributed by atoms with Gasteiger partial charge < -0.3 is 4.74 Å². The number of nitrogens with zero attached hydrogens (tertiary/aromatic N) is 2. The molecule has 0 saturated heterocycles. The highest BCUT2D eigenvalue weighted by Crippen LogP contribution is 2.38. The van der Waals surface area contributed by atoms with Gasteiger partial charge in [-0.3, -0.25) is 5.10 Å². The molecule has 0 aromatic carbocycles. The first-order valence-electron chi connectivity index (χ1n) is 5.49. The van der Waals surface area contributed by atoms with E-state index in [9.17, 15) is 0 Å². The summed E-state index contributed by atoms with van der Waals surface area (Å²) in [4.78, 5) is 4.20. The Morgan fingerprint density at radius 1 is 1.40 bits per heavy atom. The van der Waals surface area contributed by atoms with Gasteiger partial charge in [-0.15, -0.1) is 5.10 Å². The van der Waals surface area contributed by atoms with Crippen LogP contribution in [0.2, 0.25) is 5.28 Å². The fourth-order valence-corrected chi connectivity index (χ4v) is 2.42. The molecule has 84 valence electrons. The highest BCUT2D eigenvalue weighted by Gasteiger charge is 2.37. The van der Waals surface area contributed by atoms with Crippen LogP contribution in [-0.4, -0.2) is 21.8 Å². The van der Waals surface area contributed by atoms with Crippen molar-refractivity contribution in [2.45, 2.75) is 44.6 Å². The van der Waals surface area contributed by atoms with Gasteiger partial charge in [0.25, 0.3) is 0 Å². The summed E-state index contributed by atoms with van der Waals surface area (Å²) in [5.41, 5.74) is -0.271. The number of hydrogen-bond acceptors (Lipinski definition) is 3. The van der Waals surface area contributed by atoms with Gasteiger partial charge in [0.05, 0.1) is 0 Å². The first-order valence-corrected chi connectivity index (χ1v) is 5.87. The van der Waals surface area contributed by atoms with Crippen LogP contribution in [0.5, 0.6) is 0 Å². The second-order valence-electron chi connectivity index (χ2n) is 3.94. The average Bonchev–Trinajstić information content (AvgIpc) is 2.67. The molecular formula is C10H16ClN3O. The number of aromatic amines is 1. The van der Waals surface area contributed by atoms with Crippen molar-refractivity contribution in [3.63, 3.8) is 0 Å². The van der Waals surface area contributed by atoms with E-state index in [1.807, 2.05) is 6.92 Å². The van der Waals surface area contributed by atoms with Crippen LogP contribution < -0.4 is 0 Å².